The quantitative estimate of drug-likeness (QED) is 0.555. The smallest absolute Gasteiger partial charge is 0.189 e. The number of nitrogens with zero attached hydrogens (tertiary/aromatic N) is 1. The largest absolute Gasteiger partial charge is 0.470 e. The molecule has 0 saturated heterocycles. The first-order chi connectivity index (χ1) is 12.3. The van der Waals surface area contributed by atoms with Crippen LogP contribution in [0.25, 0.3) is 10.9 Å². The molecule has 1 aliphatic carbocycles. The standard InChI is InChI=1S/C22H23NOS/c1-23-15-18(17-11-5-6-12-19(17)23)22(16-9-3-2-4-10-16)24-20-13-7-8-14-21(20)25-22/h5-8,11-16H,2-4,9-10H2,1H3. The maximum Gasteiger partial charge on any atom is 0.189 e. The van der Waals surface area contributed by atoms with Crippen LogP contribution in [0.5, 0.6) is 5.75 Å². The summed E-state index contributed by atoms with van der Waals surface area (Å²) in [6.45, 7) is 0. The van der Waals surface area contributed by atoms with Gasteiger partial charge in [0.2, 0.25) is 0 Å². The maximum atomic E-state index is 6.79. The Hall–Kier alpha value is -1.87. The molecule has 1 fully saturated rings. The van der Waals surface area contributed by atoms with E-state index < -0.39 is 0 Å². The fourth-order valence-electron chi connectivity index (χ4n) is 4.56. The summed E-state index contributed by atoms with van der Waals surface area (Å²) in [5, 5.41) is 1.33. The molecule has 5 rings (SSSR count). The number of aromatic nitrogens is 1. The van der Waals surface area contributed by atoms with Gasteiger partial charge in [0.15, 0.2) is 4.93 Å². The molecule has 2 aromatic carbocycles. The van der Waals surface area contributed by atoms with Gasteiger partial charge in [-0.15, -0.1) is 0 Å². The predicted octanol–water partition coefficient (Wildman–Crippen LogP) is 6.10. The Labute approximate surface area is 153 Å². The minimum Gasteiger partial charge on any atom is -0.470 e. The highest BCUT2D eigenvalue weighted by molar-refractivity contribution is 8.00. The molecule has 0 radical (unpaired) electrons. The van der Waals surface area contributed by atoms with Crippen LogP contribution in [-0.2, 0) is 12.0 Å². The van der Waals surface area contributed by atoms with Crippen molar-refractivity contribution in [3.8, 4) is 5.75 Å². The van der Waals surface area contributed by atoms with Gasteiger partial charge in [-0.05, 0) is 31.0 Å². The number of hydrogen-bond donors (Lipinski definition) is 0. The maximum absolute atomic E-state index is 6.79. The minimum absolute atomic E-state index is 0.287. The molecule has 2 nitrogen and oxygen atoms in total. The SMILES string of the molecule is Cn1cc(C2(C3CCCCC3)Oc3ccccc3S2)c2ccccc21. The molecule has 1 aromatic heterocycles. The number of rotatable bonds is 2. The second kappa shape index (κ2) is 5.84. The third-order valence-electron chi connectivity index (χ3n) is 5.79. The van der Waals surface area contributed by atoms with Crippen LogP contribution in [-0.4, -0.2) is 4.57 Å². The molecule has 1 aliphatic heterocycles. The van der Waals surface area contributed by atoms with Crippen LogP contribution >= 0.6 is 11.8 Å². The molecule has 1 atom stereocenters. The van der Waals surface area contributed by atoms with Crippen molar-refractivity contribution >= 4 is 22.7 Å². The van der Waals surface area contributed by atoms with Crippen LogP contribution < -0.4 is 4.74 Å². The van der Waals surface area contributed by atoms with E-state index in [4.69, 9.17) is 4.74 Å². The molecule has 3 heteroatoms. The molecule has 1 saturated carbocycles. The van der Waals surface area contributed by atoms with Gasteiger partial charge in [0.1, 0.15) is 5.75 Å². The Morgan fingerprint density at radius 2 is 1.76 bits per heavy atom. The van der Waals surface area contributed by atoms with Gasteiger partial charge < -0.3 is 9.30 Å². The van der Waals surface area contributed by atoms with E-state index in [9.17, 15) is 0 Å². The van der Waals surface area contributed by atoms with Gasteiger partial charge in [0, 0.05) is 35.6 Å². The van der Waals surface area contributed by atoms with Gasteiger partial charge >= 0.3 is 0 Å². The molecular weight excluding hydrogens is 326 g/mol. The summed E-state index contributed by atoms with van der Waals surface area (Å²) in [5.41, 5.74) is 2.63. The van der Waals surface area contributed by atoms with Crippen LogP contribution in [0.3, 0.4) is 0 Å². The number of aryl methyl sites for hydroxylation is 1. The van der Waals surface area contributed by atoms with Gasteiger partial charge in [0.05, 0.1) is 4.90 Å². The Morgan fingerprint density at radius 1 is 1.00 bits per heavy atom. The van der Waals surface area contributed by atoms with E-state index in [0.717, 1.165) is 5.75 Å². The fourth-order valence-corrected chi connectivity index (χ4v) is 6.05. The highest BCUT2D eigenvalue weighted by atomic mass is 32.2. The summed E-state index contributed by atoms with van der Waals surface area (Å²) in [4.78, 5) is 0.992. The van der Waals surface area contributed by atoms with Crippen molar-refractivity contribution in [2.75, 3.05) is 0 Å². The van der Waals surface area contributed by atoms with Crippen molar-refractivity contribution < 1.29 is 4.74 Å². The van der Waals surface area contributed by atoms with Crippen molar-refractivity contribution in [3.63, 3.8) is 0 Å². The Balaban J connectivity index is 1.71. The average Bonchev–Trinajstić information content (AvgIpc) is 3.22. The van der Waals surface area contributed by atoms with E-state index in [2.05, 4.69) is 66.3 Å². The Kier molecular flexibility index (Phi) is 3.60. The lowest BCUT2D eigenvalue weighted by molar-refractivity contribution is 0.0804. The van der Waals surface area contributed by atoms with Gasteiger partial charge in [0.25, 0.3) is 0 Å². The molecule has 1 unspecified atom stereocenters. The summed E-state index contributed by atoms with van der Waals surface area (Å²) in [6, 6.07) is 17.3. The van der Waals surface area contributed by atoms with Crippen LogP contribution in [0.2, 0.25) is 0 Å². The molecule has 0 spiro atoms. The topological polar surface area (TPSA) is 14.2 Å². The first kappa shape index (κ1) is 15.4. The molecule has 0 amide bonds. The number of fused-ring (bicyclic) bond motifs is 2. The molecule has 128 valence electrons. The van der Waals surface area contributed by atoms with Gasteiger partial charge in [-0.2, -0.15) is 0 Å². The third-order valence-corrected chi connectivity index (χ3v) is 7.28. The zero-order chi connectivity index (χ0) is 16.9. The third kappa shape index (κ3) is 2.32. The second-order valence-corrected chi connectivity index (χ2v) is 8.57. The minimum atomic E-state index is -0.287. The molecular formula is C22H23NOS. The van der Waals surface area contributed by atoms with Crippen molar-refractivity contribution in [2.24, 2.45) is 13.0 Å². The molecule has 25 heavy (non-hydrogen) atoms. The number of benzene rings is 2. The van der Waals surface area contributed by atoms with Crippen molar-refractivity contribution in [2.45, 2.75) is 41.9 Å². The van der Waals surface area contributed by atoms with Gasteiger partial charge in [-0.25, -0.2) is 0 Å². The number of hydrogen-bond acceptors (Lipinski definition) is 2. The zero-order valence-electron chi connectivity index (χ0n) is 14.6. The van der Waals surface area contributed by atoms with Crippen LogP contribution in [0.15, 0.2) is 59.6 Å². The lowest BCUT2D eigenvalue weighted by atomic mass is 9.82. The molecule has 0 bridgehead atoms. The lowest BCUT2D eigenvalue weighted by Crippen LogP contribution is -2.36. The van der Waals surface area contributed by atoms with Crippen molar-refractivity contribution in [1.29, 1.82) is 0 Å². The first-order valence-corrected chi connectivity index (χ1v) is 10.1. The molecule has 2 heterocycles. The summed E-state index contributed by atoms with van der Waals surface area (Å²) in [6.07, 6.45) is 8.81. The van der Waals surface area contributed by atoms with E-state index >= 15 is 0 Å². The summed E-state index contributed by atoms with van der Waals surface area (Å²) >= 11 is 1.94. The summed E-state index contributed by atoms with van der Waals surface area (Å²) in [7, 11) is 2.15. The van der Waals surface area contributed by atoms with E-state index in [0.29, 0.717) is 5.92 Å². The Morgan fingerprint density at radius 3 is 2.60 bits per heavy atom. The van der Waals surface area contributed by atoms with Crippen LogP contribution in [0.4, 0.5) is 0 Å². The van der Waals surface area contributed by atoms with Crippen molar-refractivity contribution in [1.82, 2.24) is 4.57 Å². The predicted molar refractivity (Wildman–Crippen MR) is 104 cm³/mol. The molecule has 2 aliphatic rings. The summed E-state index contributed by atoms with van der Waals surface area (Å²) < 4.78 is 9.04. The number of para-hydroxylation sites is 2. The summed E-state index contributed by atoms with van der Waals surface area (Å²) in [5.74, 6) is 1.61. The highest BCUT2D eigenvalue weighted by Gasteiger charge is 2.50. The van der Waals surface area contributed by atoms with E-state index in [1.54, 1.807) is 0 Å². The fraction of sp³-hybridized carbons (Fsp3) is 0.364. The molecule has 0 N–H and O–H groups in total. The highest BCUT2D eigenvalue weighted by Crippen LogP contribution is 2.60. The van der Waals surface area contributed by atoms with E-state index in [1.807, 2.05) is 11.8 Å². The van der Waals surface area contributed by atoms with Crippen LogP contribution in [0, 0.1) is 5.92 Å². The molecule has 3 aromatic rings. The Bertz CT molecular complexity index is 898. The van der Waals surface area contributed by atoms with Crippen molar-refractivity contribution in [3.05, 3.63) is 60.3 Å². The van der Waals surface area contributed by atoms with E-state index in [-0.39, 0.29) is 4.93 Å². The zero-order valence-corrected chi connectivity index (χ0v) is 15.4. The van der Waals surface area contributed by atoms with Gasteiger partial charge in [-0.1, -0.05) is 61.4 Å². The normalized spacial score (nSPS) is 23.6. The monoisotopic (exact) mass is 349 g/mol. The lowest BCUT2D eigenvalue weighted by Gasteiger charge is -2.38. The number of ether oxygens (including phenoxy) is 1. The first-order valence-electron chi connectivity index (χ1n) is 9.29. The van der Waals surface area contributed by atoms with E-state index in [1.165, 1.54) is 53.5 Å². The average molecular weight is 349 g/mol. The number of thioether (sulfide) groups is 1. The van der Waals surface area contributed by atoms with Gasteiger partial charge in [-0.3, -0.25) is 0 Å². The second-order valence-electron chi connectivity index (χ2n) is 7.32. The van der Waals surface area contributed by atoms with Crippen LogP contribution in [0.1, 0.15) is 37.7 Å².